The van der Waals surface area contributed by atoms with Crippen LogP contribution in [-0.2, 0) is 14.8 Å². The van der Waals surface area contributed by atoms with Crippen LogP contribution < -0.4 is 9.64 Å². The second-order valence-corrected chi connectivity index (χ2v) is 12.6. The standard InChI is InChI=1S/C26H30ClN3O5S2/c1-34-22-13-12-21(27)24-23(22)28-26(36-24)30(17-19-7-6-16-35-19)25(31)18-8-10-20(11-9-18)37(32,33)29-14-4-2-3-5-15-29/h8-13,19H,2-7,14-17H2,1H3. The Hall–Kier alpha value is -2.24. The van der Waals surface area contributed by atoms with Crippen LogP contribution in [0.25, 0.3) is 10.2 Å². The van der Waals surface area contributed by atoms with Crippen molar-refractivity contribution < 1.29 is 22.7 Å². The summed E-state index contributed by atoms with van der Waals surface area (Å²) >= 11 is 7.75. The Balaban J connectivity index is 1.46. The number of rotatable bonds is 7. The van der Waals surface area contributed by atoms with E-state index in [1.165, 1.54) is 23.5 Å². The first-order valence-electron chi connectivity index (χ1n) is 12.5. The number of carbonyl (C=O) groups excluding carboxylic acids is 1. The molecule has 1 amide bonds. The molecule has 2 aliphatic rings. The maximum atomic E-state index is 13.8. The molecule has 1 aromatic heterocycles. The average Bonchev–Trinajstić information content (AvgIpc) is 3.51. The van der Waals surface area contributed by atoms with E-state index in [0.717, 1.165) is 43.2 Å². The highest BCUT2D eigenvalue weighted by atomic mass is 35.5. The van der Waals surface area contributed by atoms with Gasteiger partial charge < -0.3 is 9.47 Å². The summed E-state index contributed by atoms with van der Waals surface area (Å²) in [5.74, 6) is 0.304. The summed E-state index contributed by atoms with van der Waals surface area (Å²) in [7, 11) is -2.03. The summed E-state index contributed by atoms with van der Waals surface area (Å²) in [5.41, 5.74) is 0.976. The van der Waals surface area contributed by atoms with Crippen molar-refractivity contribution in [2.75, 3.05) is 38.3 Å². The maximum Gasteiger partial charge on any atom is 0.260 e. The van der Waals surface area contributed by atoms with Gasteiger partial charge in [0.25, 0.3) is 5.91 Å². The van der Waals surface area contributed by atoms with Crippen molar-refractivity contribution in [2.24, 2.45) is 0 Å². The Bertz CT molecular complexity index is 1360. The van der Waals surface area contributed by atoms with Crippen LogP contribution >= 0.6 is 22.9 Å². The minimum atomic E-state index is -3.60. The number of hydrogen-bond donors (Lipinski definition) is 0. The minimum Gasteiger partial charge on any atom is -0.494 e. The third-order valence-electron chi connectivity index (χ3n) is 6.86. The molecule has 0 aliphatic carbocycles. The fourth-order valence-corrected chi connectivity index (χ4v) is 7.60. The van der Waals surface area contributed by atoms with Crippen LogP contribution in [-0.4, -0.2) is 63.1 Å². The number of amides is 1. The Morgan fingerprint density at radius 3 is 2.51 bits per heavy atom. The van der Waals surface area contributed by atoms with Crippen LogP contribution in [0.5, 0.6) is 5.75 Å². The Labute approximate surface area is 226 Å². The van der Waals surface area contributed by atoms with E-state index in [1.54, 1.807) is 40.6 Å². The summed E-state index contributed by atoms with van der Waals surface area (Å²) in [5, 5.41) is 1.02. The highest BCUT2D eigenvalue weighted by Gasteiger charge is 2.29. The Kier molecular flexibility index (Phi) is 8.02. The monoisotopic (exact) mass is 563 g/mol. The zero-order chi connectivity index (χ0) is 26.0. The Morgan fingerprint density at radius 2 is 1.86 bits per heavy atom. The first-order valence-corrected chi connectivity index (χ1v) is 15.2. The topological polar surface area (TPSA) is 89.0 Å². The highest BCUT2D eigenvalue weighted by Crippen LogP contribution is 2.39. The summed E-state index contributed by atoms with van der Waals surface area (Å²) in [4.78, 5) is 20.3. The van der Waals surface area contributed by atoms with Crippen molar-refractivity contribution in [3.05, 3.63) is 47.0 Å². The van der Waals surface area contributed by atoms with Gasteiger partial charge in [-0.25, -0.2) is 13.4 Å². The number of thiazole rings is 1. The summed E-state index contributed by atoms with van der Waals surface area (Å²) in [6.07, 6.45) is 5.51. The van der Waals surface area contributed by atoms with Crippen molar-refractivity contribution in [3.8, 4) is 5.75 Å². The first kappa shape index (κ1) is 26.4. The molecule has 0 N–H and O–H groups in total. The van der Waals surface area contributed by atoms with Crippen LogP contribution in [0, 0.1) is 0 Å². The van der Waals surface area contributed by atoms with Crippen molar-refractivity contribution >= 4 is 54.2 Å². The zero-order valence-electron chi connectivity index (χ0n) is 20.7. The molecule has 0 radical (unpaired) electrons. The van der Waals surface area contributed by atoms with Crippen LogP contribution in [0.1, 0.15) is 48.9 Å². The summed E-state index contributed by atoms with van der Waals surface area (Å²) < 4.78 is 39.9. The van der Waals surface area contributed by atoms with Gasteiger partial charge in [0.05, 0.1) is 34.4 Å². The smallest absolute Gasteiger partial charge is 0.260 e. The number of hydrogen-bond acceptors (Lipinski definition) is 7. The van der Waals surface area contributed by atoms with Gasteiger partial charge in [-0.05, 0) is 62.1 Å². The number of nitrogens with zero attached hydrogens (tertiary/aromatic N) is 3. The van der Waals surface area contributed by atoms with Gasteiger partial charge in [0, 0.05) is 25.3 Å². The molecule has 3 heterocycles. The van der Waals surface area contributed by atoms with Crippen LogP contribution in [0.15, 0.2) is 41.3 Å². The largest absolute Gasteiger partial charge is 0.494 e. The van der Waals surface area contributed by atoms with E-state index in [2.05, 4.69) is 0 Å². The molecule has 3 aromatic rings. The van der Waals surface area contributed by atoms with Crippen LogP contribution in [0.3, 0.4) is 0 Å². The molecule has 11 heteroatoms. The minimum absolute atomic E-state index is 0.101. The van der Waals surface area contributed by atoms with Gasteiger partial charge in [-0.15, -0.1) is 0 Å². The maximum absolute atomic E-state index is 13.8. The second-order valence-electron chi connectivity index (χ2n) is 9.32. The third-order valence-corrected chi connectivity index (χ3v) is 10.3. The third kappa shape index (κ3) is 5.49. The molecule has 2 aliphatic heterocycles. The number of carbonyl (C=O) groups is 1. The lowest BCUT2D eigenvalue weighted by Crippen LogP contribution is -2.37. The number of fused-ring (bicyclic) bond motifs is 1. The quantitative estimate of drug-likeness (QED) is 0.385. The Morgan fingerprint density at radius 1 is 1.14 bits per heavy atom. The summed E-state index contributed by atoms with van der Waals surface area (Å²) in [6, 6.07) is 9.71. The lowest BCUT2D eigenvalue weighted by atomic mass is 10.2. The fraction of sp³-hybridized carbons (Fsp3) is 0.462. The van der Waals surface area contributed by atoms with Crippen LogP contribution in [0.2, 0.25) is 5.02 Å². The highest BCUT2D eigenvalue weighted by molar-refractivity contribution is 7.89. The molecule has 8 nitrogen and oxygen atoms in total. The first-order chi connectivity index (χ1) is 17.9. The van der Waals surface area contributed by atoms with Gasteiger partial charge in [0.15, 0.2) is 5.13 Å². The number of methoxy groups -OCH3 is 1. The molecule has 37 heavy (non-hydrogen) atoms. The number of aromatic nitrogens is 1. The molecule has 198 valence electrons. The number of sulfonamides is 1. The molecular formula is C26H30ClN3O5S2. The van der Waals surface area contributed by atoms with Gasteiger partial charge in [0.2, 0.25) is 10.0 Å². The van der Waals surface area contributed by atoms with E-state index in [9.17, 15) is 13.2 Å². The molecule has 5 rings (SSSR count). The van der Waals surface area contributed by atoms with Crippen molar-refractivity contribution in [1.29, 1.82) is 0 Å². The van der Waals surface area contributed by atoms with Crippen LogP contribution in [0.4, 0.5) is 5.13 Å². The van der Waals surface area contributed by atoms with E-state index in [1.807, 2.05) is 0 Å². The lowest BCUT2D eigenvalue weighted by molar-refractivity contribution is 0.0917. The number of ether oxygens (including phenoxy) is 2. The molecule has 2 fully saturated rings. The molecule has 2 saturated heterocycles. The van der Waals surface area contributed by atoms with Crippen molar-refractivity contribution in [2.45, 2.75) is 49.5 Å². The predicted octanol–water partition coefficient (Wildman–Crippen LogP) is 5.35. The van der Waals surface area contributed by atoms with Gasteiger partial charge in [-0.3, -0.25) is 9.69 Å². The normalized spacial score (nSPS) is 19.1. The van der Waals surface area contributed by atoms with Crippen molar-refractivity contribution in [3.63, 3.8) is 0 Å². The van der Waals surface area contributed by atoms with E-state index in [-0.39, 0.29) is 16.9 Å². The SMILES string of the molecule is COc1ccc(Cl)c2sc(N(CC3CCCO3)C(=O)c3ccc(S(=O)(=O)N4CCCCCC4)cc3)nc12. The molecule has 1 unspecified atom stereocenters. The molecule has 0 spiro atoms. The molecule has 0 bridgehead atoms. The van der Waals surface area contributed by atoms with E-state index >= 15 is 0 Å². The summed E-state index contributed by atoms with van der Waals surface area (Å²) in [6.45, 7) is 2.06. The average molecular weight is 564 g/mol. The number of anilines is 1. The lowest BCUT2D eigenvalue weighted by Gasteiger charge is -2.23. The predicted molar refractivity (Wildman–Crippen MR) is 146 cm³/mol. The number of halogens is 1. The van der Waals surface area contributed by atoms with Gasteiger partial charge in [-0.1, -0.05) is 35.8 Å². The molecule has 0 saturated carbocycles. The number of benzene rings is 2. The molecule has 2 aromatic carbocycles. The zero-order valence-corrected chi connectivity index (χ0v) is 23.1. The van der Waals surface area contributed by atoms with Gasteiger partial charge in [0.1, 0.15) is 11.3 Å². The molecular weight excluding hydrogens is 534 g/mol. The fourth-order valence-electron chi connectivity index (χ4n) is 4.82. The van der Waals surface area contributed by atoms with Crippen molar-refractivity contribution in [1.82, 2.24) is 9.29 Å². The van der Waals surface area contributed by atoms with Gasteiger partial charge in [-0.2, -0.15) is 4.31 Å². The molecule has 1 atom stereocenters. The van der Waals surface area contributed by atoms with E-state index < -0.39 is 10.0 Å². The van der Waals surface area contributed by atoms with E-state index in [0.29, 0.717) is 53.2 Å². The van der Waals surface area contributed by atoms with Gasteiger partial charge >= 0.3 is 0 Å². The second kappa shape index (κ2) is 11.2. The van der Waals surface area contributed by atoms with E-state index in [4.69, 9.17) is 26.1 Å².